The van der Waals surface area contributed by atoms with E-state index in [1.165, 1.54) is 0 Å². The minimum atomic E-state index is -0.880. The number of aromatic nitrogens is 1. The van der Waals surface area contributed by atoms with Crippen molar-refractivity contribution in [2.45, 2.75) is 33.3 Å². The summed E-state index contributed by atoms with van der Waals surface area (Å²) in [4.78, 5) is 15.2. The van der Waals surface area contributed by atoms with Gasteiger partial charge in [0.2, 0.25) is 0 Å². The molecule has 17 heavy (non-hydrogen) atoms. The number of nitrogens with one attached hydrogen (secondary N) is 1. The third-order valence-corrected chi connectivity index (χ3v) is 2.23. The number of carbonyl (C=O) groups excluding carboxylic acids is 1. The van der Waals surface area contributed by atoms with Crippen LogP contribution in [0.25, 0.3) is 0 Å². The third kappa shape index (κ3) is 2.56. The van der Waals surface area contributed by atoms with Gasteiger partial charge >= 0.3 is 6.09 Å². The highest BCUT2D eigenvalue weighted by molar-refractivity contribution is 5.89. The van der Waals surface area contributed by atoms with E-state index in [4.69, 9.17) is 4.74 Å². The van der Waals surface area contributed by atoms with E-state index in [1.807, 2.05) is 13.8 Å². The molecule has 0 fully saturated rings. The number of hydrogen-bond acceptors (Lipinski definition) is 3. The Bertz CT molecular complexity index is 474. The summed E-state index contributed by atoms with van der Waals surface area (Å²) in [6, 6.07) is 1.79. The van der Waals surface area contributed by atoms with E-state index >= 15 is 0 Å². The molecule has 1 N–H and O–H groups in total. The molecule has 0 saturated heterocycles. The molecular formula is C13H16N2O2. The fourth-order valence-corrected chi connectivity index (χ4v) is 1.62. The predicted octanol–water partition coefficient (Wildman–Crippen LogP) is 2.91. The quantitative estimate of drug-likeness (QED) is 0.700. The van der Waals surface area contributed by atoms with Gasteiger partial charge in [-0.1, -0.05) is 19.8 Å². The number of rotatable bonds is 0. The van der Waals surface area contributed by atoms with E-state index in [0.29, 0.717) is 5.69 Å². The standard InChI is InChI=1S/C11H10N2O2.C2H6/c1-3-5-11(2)8-4-6-12-7-9(8)13-10(14)15-11;1-2/h4,6-7H,1-2H3,(H,13,14);1-2H3. The lowest BCUT2D eigenvalue weighted by molar-refractivity contribution is 0.0714. The molecule has 1 aliphatic rings. The Kier molecular flexibility index (Phi) is 4.11. The zero-order chi connectivity index (χ0) is 12.9. The minimum absolute atomic E-state index is 0.499. The Balaban J connectivity index is 0.000000686. The maximum absolute atomic E-state index is 11.3. The van der Waals surface area contributed by atoms with Gasteiger partial charge in [0.25, 0.3) is 0 Å². The molecule has 1 aromatic rings. The number of hydrogen-bond donors (Lipinski definition) is 1. The van der Waals surface area contributed by atoms with Gasteiger partial charge in [-0.2, -0.15) is 0 Å². The first-order valence-electron chi connectivity index (χ1n) is 5.54. The summed E-state index contributed by atoms with van der Waals surface area (Å²) in [6.07, 6.45) is 2.74. The summed E-state index contributed by atoms with van der Waals surface area (Å²) < 4.78 is 5.19. The maximum Gasteiger partial charge on any atom is 0.413 e. The van der Waals surface area contributed by atoms with E-state index in [1.54, 1.807) is 32.3 Å². The van der Waals surface area contributed by atoms with Crippen LogP contribution in [0.4, 0.5) is 10.5 Å². The largest absolute Gasteiger partial charge is 0.425 e. The Morgan fingerprint density at radius 2 is 2.18 bits per heavy atom. The van der Waals surface area contributed by atoms with Crippen LogP contribution in [0.1, 0.15) is 33.3 Å². The number of nitrogens with zero attached hydrogens (tertiary/aromatic N) is 1. The highest BCUT2D eigenvalue weighted by Gasteiger charge is 2.36. The zero-order valence-electron chi connectivity index (χ0n) is 10.5. The smallest absolute Gasteiger partial charge is 0.413 e. The van der Waals surface area contributed by atoms with Crippen molar-refractivity contribution < 1.29 is 9.53 Å². The number of amides is 1. The predicted molar refractivity (Wildman–Crippen MR) is 66.5 cm³/mol. The van der Waals surface area contributed by atoms with Crippen LogP contribution in [0.15, 0.2) is 18.5 Å². The van der Waals surface area contributed by atoms with Crippen LogP contribution in [-0.4, -0.2) is 11.1 Å². The van der Waals surface area contributed by atoms with Crippen LogP contribution >= 0.6 is 0 Å². The average Bonchev–Trinajstić information content (AvgIpc) is 2.31. The first kappa shape index (κ1) is 13.0. The van der Waals surface area contributed by atoms with E-state index in [-0.39, 0.29) is 0 Å². The number of ether oxygens (including phenoxy) is 1. The van der Waals surface area contributed by atoms with Gasteiger partial charge in [0.1, 0.15) is 0 Å². The zero-order valence-corrected chi connectivity index (χ0v) is 10.5. The highest BCUT2D eigenvalue weighted by atomic mass is 16.6. The van der Waals surface area contributed by atoms with Crippen LogP contribution in [0.3, 0.4) is 0 Å². The number of carbonyl (C=O) groups is 1. The van der Waals surface area contributed by atoms with Gasteiger partial charge in [0.05, 0.1) is 11.9 Å². The van der Waals surface area contributed by atoms with Crippen molar-refractivity contribution in [3.05, 3.63) is 24.0 Å². The molecule has 90 valence electrons. The Morgan fingerprint density at radius 3 is 2.82 bits per heavy atom. The monoisotopic (exact) mass is 232 g/mol. The molecule has 4 nitrogen and oxygen atoms in total. The molecular weight excluding hydrogens is 216 g/mol. The Hall–Kier alpha value is -2.02. The second-order valence-electron chi connectivity index (χ2n) is 3.34. The molecule has 0 saturated carbocycles. The molecule has 0 spiro atoms. The van der Waals surface area contributed by atoms with Crippen LogP contribution < -0.4 is 5.32 Å². The summed E-state index contributed by atoms with van der Waals surface area (Å²) in [5.74, 6) is 5.65. The minimum Gasteiger partial charge on any atom is -0.425 e. The fraction of sp³-hybridized carbons (Fsp3) is 0.385. The van der Waals surface area contributed by atoms with E-state index < -0.39 is 11.7 Å². The molecule has 0 radical (unpaired) electrons. The van der Waals surface area contributed by atoms with Gasteiger partial charge in [-0.05, 0) is 19.9 Å². The summed E-state index contributed by atoms with van der Waals surface area (Å²) in [6.45, 7) is 7.48. The molecule has 1 aliphatic heterocycles. The van der Waals surface area contributed by atoms with Crippen molar-refractivity contribution in [1.82, 2.24) is 4.98 Å². The molecule has 0 bridgehead atoms. The van der Waals surface area contributed by atoms with Gasteiger partial charge in [0, 0.05) is 11.8 Å². The normalized spacial score (nSPS) is 20.6. The summed E-state index contributed by atoms with van der Waals surface area (Å²) >= 11 is 0. The molecule has 4 heteroatoms. The maximum atomic E-state index is 11.3. The summed E-state index contributed by atoms with van der Waals surface area (Å²) in [5.41, 5.74) is 0.598. The van der Waals surface area contributed by atoms with Gasteiger partial charge in [-0.25, -0.2) is 4.79 Å². The second kappa shape index (κ2) is 5.35. The first-order chi connectivity index (χ1) is 8.15. The van der Waals surface area contributed by atoms with Crippen LogP contribution in [-0.2, 0) is 10.3 Å². The van der Waals surface area contributed by atoms with Crippen molar-refractivity contribution in [3.63, 3.8) is 0 Å². The summed E-state index contributed by atoms with van der Waals surface area (Å²) in [7, 11) is 0. The topological polar surface area (TPSA) is 51.2 Å². The van der Waals surface area contributed by atoms with Gasteiger partial charge < -0.3 is 4.74 Å². The number of fused-ring (bicyclic) bond motifs is 1. The number of pyridine rings is 1. The van der Waals surface area contributed by atoms with Crippen LogP contribution in [0.2, 0.25) is 0 Å². The number of cyclic esters (lactones) is 1. The second-order valence-corrected chi connectivity index (χ2v) is 3.34. The third-order valence-electron chi connectivity index (χ3n) is 2.23. The molecule has 2 rings (SSSR count). The molecule has 2 heterocycles. The molecule has 1 aromatic heterocycles. The number of anilines is 1. The lowest BCUT2D eigenvalue weighted by Crippen LogP contribution is -2.36. The SMILES string of the molecule is CC.CC#CC1(C)OC(=O)Nc2cnccc21. The van der Waals surface area contributed by atoms with Crippen molar-refractivity contribution in [2.75, 3.05) is 5.32 Å². The van der Waals surface area contributed by atoms with Crippen molar-refractivity contribution in [3.8, 4) is 11.8 Å². The fourth-order valence-electron chi connectivity index (χ4n) is 1.62. The molecule has 0 aromatic carbocycles. The van der Waals surface area contributed by atoms with Crippen LogP contribution in [0, 0.1) is 11.8 Å². The lowest BCUT2D eigenvalue weighted by atomic mass is 9.95. The van der Waals surface area contributed by atoms with Gasteiger partial charge in [-0.15, -0.1) is 5.92 Å². The van der Waals surface area contributed by atoms with E-state index in [2.05, 4.69) is 22.1 Å². The molecule has 1 amide bonds. The Morgan fingerprint density at radius 1 is 1.47 bits per heavy atom. The molecule has 1 atom stereocenters. The van der Waals surface area contributed by atoms with Crippen LogP contribution in [0.5, 0.6) is 0 Å². The molecule has 0 aliphatic carbocycles. The van der Waals surface area contributed by atoms with Gasteiger partial charge in [-0.3, -0.25) is 10.3 Å². The lowest BCUT2D eigenvalue weighted by Gasteiger charge is -2.30. The van der Waals surface area contributed by atoms with Crippen molar-refractivity contribution >= 4 is 11.8 Å². The van der Waals surface area contributed by atoms with Crippen molar-refractivity contribution in [2.24, 2.45) is 0 Å². The average molecular weight is 232 g/mol. The van der Waals surface area contributed by atoms with Crippen molar-refractivity contribution in [1.29, 1.82) is 0 Å². The highest BCUT2D eigenvalue weighted by Crippen LogP contribution is 2.34. The van der Waals surface area contributed by atoms with E-state index in [0.717, 1.165) is 5.56 Å². The van der Waals surface area contributed by atoms with E-state index in [9.17, 15) is 4.79 Å². The first-order valence-corrected chi connectivity index (χ1v) is 5.54. The Labute approximate surface area is 101 Å². The summed E-state index contributed by atoms with van der Waals surface area (Å²) in [5, 5.41) is 2.58. The molecule has 1 unspecified atom stereocenters. The van der Waals surface area contributed by atoms with Gasteiger partial charge in [0.15, 0.2) is 5.60 Å².